The predicted octanol–water partition coefficient (Wildman–Crippen LogP) is 2.42. The van der Waals surface area contributed by atoms with E-state index in [0.717, 1.165) is 28.2 Å². The molecule has 112 valence electrons. The van der Waals surface area contributed by atoms with E-state index < -0.39 is 28.7 Å². The van der Waals surface area contributed by atoms with Crippen LogP contribution in [0.2, 0.25) is 5.15 Å². The van der Waals surface area contributed by atoms with Crippen LogP contribution >= 0.6 is 11.6 Å². The Labute approximate surface area is 122 Å². The number of halogens is 4. The molecule has 0 unspecified atom stereocenters. The first-order chi connectivity index (χ1) is 9.62. The maximum atomic E-state index is 12.6. The van der Waals surface area contributed by atoms with E-state index in [1.807, 2.05) is 0 Å². The van der Waals surface area contributed by atoms with Crippen molar-refractivity contribution in [2.24, 2.45) is 0 Å². The molecule has 0 saturated heterocycles. The van der Waals surface area contributed by atoms with Gasteiger partial charge in [0.25, 0.3) is 11.8 Å². The summed E-state index contributed by atoms with van der Waals surface area (Å²) >= 11 is 5.51. The molecule has 1 aromatic rings. The van der Waals surface area contributed by atoms with Crippen molar-refractivity contribution in [1.82, 2.24) is 9.99 Å². The van der Waals surface area contributed by atoms with Gasteiger partial charge < -0.3 is 0 Å². The zero-order valence-electron chi connectivity index (χ0n) is 10.9. The van der Waals surface area contributed by atoms with Gasteiger partial charge in [0.05, 0.1) is 5.56 Å². The molecule has 9 heteroatoms. The average molecular weight is 320 g/mol. The van der Waals surface area contributed by atoms with Crippen molar-refractivity contribution in [2.75, 3.05) is 12.1 Å². The number of carbonyl (C=O) groups is 2. The smallest absolute Gasteiger partial charge is 0.267 e. The molecule has 0 bridgehead atoms. The van der Waals surface area contributed by atoms with Crippen LogP contribution in [0.3, 0.4) is 0 Å². The van der Waals surface area contributed by atoms with Crippen LogP contribution in [0.5, 0.6) is 0 Å². The average Bonchev–Trinajstić information content (AvgIpc) is 2.61. The highest BCUT2D eigenvalue weighted by Gasteiger charge is 2.36. The number of hydrazine groups is 1. The zero-order valence-corrected chi connectivity index (χ0v) is 11.7. The molecule has 0 aliphatic carbocycles. The first-order valence-electron chi connectivity index (χ1n) is 5.67. The SMILES string of the molecule is CC1=CC(=O)N(N(C)c2ccc(C(F)(F)F)c(Cl)n2)C1=O. The van der Waals surface area contributed by atoms with Gasteiger partial charge in [0.2, 0.25) is 0 Å². The van der Waals surface area contributed by atoms with E-state index in [-0.39, 0.29) is 11.4 Å². The third-order valence-corrected chi connectivity index (χ3v) is 3.14. The van der Waals surface area contributed by atoms with E-state index in [4.69, 9.17) is 11.6 Å². The Kier molecular flexibility index (Phi) is 3.66. The summed E-state index contributed by atoms with van der Waals surface area (Å²) in [4.78, 5) is 27.0. The van der Waals surface area contributed by atoms with Crippen molar-refractivity contribution in [3.63, 3.8) is 0 Å². The number of aromatic nitrogens is 1. The fourth-order valence-electron chi connectivity index (χ4n) is 1.78. The van der Waals surface area contributed by atoms with Gasteiger partial charge in [-0.3, -0.25) is 14.6 Å². The quantitative estimate of drug-likeness (QED) is 0.620. The lowest BCUT2D eigenvalue weighted by Gasteiger charge is -2.27. The highest BCUT2D eigenvalue weighted by Crippen LogP contribution is 2.34. The summed E-state index contributed by atoms with van der Waals surface area (Å²) in [6, 6.07) is 1.77. The summed E-state index contributed by atoms with van der Waals surface area (Å²) in [6.45, 7) is 1.46. The van der Waals surface area contributed by atoms with Crippen LogP contribution in [0.4, 0.5) is 19.0 Å². The molecular formula is C12H9ClF3N3O2. The number of amides is 2. The van der Waals surface area contributed by atoms with E-state index in [1.54, 1.807) is 0 Å². The molecule has 0 aromatic carbocycles. The molecule has 0 fully saturated rings. The maximum absolute atomic E-state index is 12.6. The summed E-state index contributed by atoms with van der Waals surface area (Å²) in [5.74, 6) is -1.23. The molecule has 1 aliphatic rings. The minimum atomic E-state index is -4.63. The second-order valence-corrected chi connectivity index (χ2v) is 4.67. The van der Waals surface area contributed by atoms with Crippen LogP contribution in [0, 0.1) is 0 Å². The van der Waals surface area contributed by atoms with Gasteiger partial charge in [-0.05, 0) is 19.1 Å². The number of hydrogen-bond donors (Lipinski definition) is 0. The molecule has 0 radical (unpaired) electrons. The van der Waals surface area contributed by atoms with Crippen LogP contribution in [-0.4, -0.2) is 28.9 Å². The van der Waals surface area contributed by atoms with Crippen LogP contribution in [0.15, 0.2) is 23.8 Å². The number of pyridine rings is 1. The summed E-state index contributed by atoms with van der Waals surface area (Å²) < 4.78 is 37.8. The minimum Gasteiger partial charge on any atom is -0.267 e. The summed E-state index contributed by atoms with van der Waals surface area (Å²) in [5.41, 5.74) is -0.862. The Morgan fingerprint density at radius 3 is 2.33 bits per heavy atom. The van der Waals surface area contributed by atoms with Gasteiger partial charge in [-0.25, -0.2) is 4.98 Å². The maximum Gasteiger partial charge on any atom is 0.419 e. The van der Waals surface area contributed by atoms with E-state index >= 15 is 0 Å². The lowest BCUT2D eigenvalue weighted by molar-refractivity contribution is -0.139. The predicted molar refractivity (Wildman–Crippen MR) is 68.3 cm³/mol. The second-order valence-electron chi connectivity index (χ2n) is 4.31. The molecule has 5 nitrogen and oxygen atoms in total. The van der Waals surface area contributed by atoms with Crippen molar-refractivity contribution < 1.29 is 22.8 Å². The number of rotatable bonds is 2. The zero-order chi connectivity index (χ0) is 15.9. The fourth-order valence-corrected chi connectivity index (χ4v) is 2.03. The molecule has 0 saturated carbocycles. The molecule has 0 atom stereocenters. The van der Waals surface area contributed by atoms with Crippen LogP contribution in [-0.2, 0) is 15.8 Å². The van der Waals surface area contributed by atoms with E-state index in [9.17, 15) is 22.8 Å². The van der Waals surface area contributed by atoms with Gasteiger partial charge in [-0.2, -0.15) is 18.2 Å². The molecule has 1 aliphatic heterocycles. The largest absolute Gasteiger partial charge is 0.419 e. The molecule has 2 rings (SSSR count). The third kappa shape index (κ3) is 2.71. The molecule has 2 amide bonds. The monoisotopic (exact) mass is 319 g/mol. The minimum absolute atomic E-state index is 0.0576. The van der Waals surface area contributed by atoms with Gasteiger partial charge in [0, 0.05) is 18.7 Å². The fraction of sp³-hybridized carbons (Fsp3) is 0.250. The summed E-state index contributed by atoms with van der Waals surface area (Å²) in [7, 11) is 1.33. The van der Waals surface area contributed by atoms with E-state index in [2.05, 4.69) is 4.98 Å². The number of nitrogens with zero attached hydrogens (tertiary/aromatic N) is 3. The van der Waals surface area contributed by atoms with Crippen molar-refractivity contribution in [2.45, 2.75) is 13.1 Å². The topological polar surface area (TPSA) is 53.5 Å². The molecule has 1 aromatic heterocycles. The van der Waals surface area contributed by atoms with Crippen molar-refractivity contribution in [1.29, 1.82) is 0 Å². The summed E-state index contributed by atoms with van der Waals surface area (Å²) in [6.07, 6.45) is -3.50. The van der Waals surface area contributed by atoms with E-state index in [0.29, 0.717) is 0 Å². The molecule has 21 heavy (non-hydrogen) atoms. The number of hydrogen-bond acceptors (Lipinski definition) is 4. The highest BCUT2D eigenvalue weighted by atomic mass is 35.5. The summed E-state index contributed by atoms with van der Waals surface area (Å²) in [5, 5.41) is 1.06. The normalized spacial score (nSPS) is 15.5. The number of anilines is 1. The Bertz CT molecular complexity index is 658. The first kappa shape index (κ1) is 15.3. The molecule has 2 heterocycles. The van der Waals surface area contributed by atoms with Gasteiger partial charge >= 0.3 is 6.18 Å². The second kappa shape index (κ2) is 5.03. The number of imide groups is 1. The van der Waals surface area contributed by atoms with Crippen molar-refractivity contribution >= 4 is 29.2 Å². The lowest BCUT2D eigenvalue weighted by Crippen LogP contribution is -2.45. The third-order valence-electron chi connectivity index (χ3n) is 2.85. The van der Waals surface area contributed by atoms with Crippen LogP contribution in [0.25, 0.3) is 0 Å². The van der Waals surface area contributed by atoms with Crippen LogP contribution in [0.1, 0.15) is 12.5 Å². The Morgan fingerprint density at radius 1 is 1.29 bits per heavy atom. The van der Waals surface area contributed by atoms with Crippen molar-refractivity contribution in [3.05, 3.63) is 34.5 Å². The molecular weight excluding hydrogens is 311 g/mol. The first-order valence-corrected chi connectivity index (χ1v) is 6.05. The van der Waals surface area contributed by atoms with Crippen molar-refractivity contribution in [3.8, 4) is 0 Å². The van der Waals surface area contributed by atoms with E-state index in [1.165, 1.54) is 14.0 Å². The van der Waals surface area contributed by atoms with Crippen LogP contribution < -0.4 is 5.01 Å². The van der Waals surface area contributed by atoms with Gasteiger partial charge in [-0.15, -0.1) is 0 Å². The van der Waals surface area contributed by atoms with Gasteiger partial charge in [-0.1, -0.05) is 11.6 Å². The Morgan fingerprint density at radius 2 is 1.90 bits per heavy atom. The standard InChI is InChI=1S/C12H9ClF3N3O2/c1-6-5-9(20)19(11(6)21)18(2)8-4-3-7(10(13)17-8)12(14,15)16/h3-5H,1-2H3. The Hall–Kier alpha value is -2.09. The molecule has 0 N–H and O–H groups in total. The number of carbonyl (C=O) groups excluding carboxylic acids is 2. The number of alkyl halides is 3. The van der Waals surface area contributed by atoms with Gasteiger partial charge in [0.15, 0.2) is 0 Å². The molecule has 0 spiro atoms. The lowest BCUT2D eigenvalue weighted by atomic mass is 10.3. The Balaban J connectivity index is 2.34. The highest BCUT2D eigenvalue weighted by molar-refractivity contribution is 6.30. The van der Waals surface area contributed by atoms with Gasteiger partial charge in [0.1, 0.15) is 11.0 Å².